The minimum atomic E-state index is -1.66. The second kappa shape index (κ2) is 9.42. The SMILES string of the molecule is O=c1cc(-c2cc(O)c(O)c(O)c2[C@@H]2c3ccc(O)cc3O[C@H](c3cc(O)c(O)c(O)c3)[C@H]2O)oc2cc(O)ccc12. The molecule has 0 radical (unpaired) electrons. The summed E-state index contributed by atoms with van der Waals surface area (Å²) >= 11 is 0. The highest BCUT2D eigenvalue weighted by atomic mass is 16.5. The van der Waals surface area contributed by atoms with Gasteiger partial charge in [0.15, 0.2) is 40.3 Å². The third-order valence-electron chi connectivity index (χ3n) is 7.24. The van der Waals surface area contributed by atoms with E-state index in [1.807, 2.05) is 0 Å². The van der Waals surface area contributed by atoms with E-state index < -0.39 is 58.1 Å². The van der Waals surface area contributed by atoms with Gasteiger partial charge in [-0.05, 0) is 36.4 Å². The molecule has 1 aromatic heterocycles. The molecule has 0 bridgehead atoms. The highest BCUT2D eigenvalue weighted by Gasteiger charge is 2.43. The summed E-state index contributed by atoms with van der Waals surface area (Å²) in [5.41, 5.74) is -0.702. The Bertz CT molecular complexity index is 1940. The van der Waals surface area contributed by atoms with E-state index in [9.17, 15) is 50.8 Å². The lowest BCUT2D eigenvalue weighted by Gasteiger charge is -2.38. The number of benzene rings is 4. The van der Waals surface area contributed by atoms with Gasteiger partial charge in [0.1, 0.15) is 34.7 Å². The summed E-state index contributed by atoms with van der Waals surface area (Å²) in [6, 6.07) is 11.9. The van der Waals surface area contributed by atoms with Crippen LogP contribution in [0.3, 0.4) is 0 Å². The number of aromatic hydroxyl groups is 8. The van der Waals surface area contributed by atoms with Crippen LogP contribution in [0.25, 0.3) is 22.3 Å². The largest absolute Gasteiger partial charge is 0.508 e. The van der Waals surface area contributed by atoms with Crippen molar-refractivity contribution in [1.82, 2.24) is 0 Å². The molecule has 0 amide bonds. The maximum atomic E-state index is 13.0. The molecule has 9 N–H and O–H groups in total. The number of hydrogen-bond acceptors (Lipinski definition) is 12. The number of fused-ring (bicyclic) bond motifs is 2. The molecular weight excluding hydrogens is 552 g/mol. The first-order chi connectivity index (χ1) is 19.9. The molecular formula is C30H22O12. The number of aliphatic hydroxyl groups excluding tert-OH is 1. The van der Waals surface area contributed by atoms with Crippen molar-refractivity contribution in [3.8, 4) is 63.1 Å². The smallest absolute Gasteiger partial charge is 0.200 e. The number of rotatable bonds is 3. The van der Waals surface area contributed by atoms with Gasteiger partial charge in [0.05, 0.1) is 5.39 Å². The van der Waals surface area contributed by atoms with Gasteiger partial charge in [0.25, 0.3) is 0 Å². The molecule has 1 aliphatic rings. The molecule has 5 aromatic rings. The highest BCUT2D eigenvalue weighted by molar-refractivity contribution is 5.82. The normalized spacial score (nSPS) is 18.0. The van der Waals surface area contributed by atoms with Gasteiger partial charge < -0.3 is 55.1 Å². The first-order valence-electron chi connectivity index (χ1n) is 12.4. The lowest BCUT2D eigenvalue weighted by Crippen LogP contribution is -2.35. The average Bonchev–Trinajstić information content (AvgIpc) is 2.94. The van der Waals surface area contributed by atoms with Crippen molar-refractivity contribution in [2.75, 3.05) is 0 Å². The monoisotopic (exact) mass is 574 g/mol. The maximum Gasteiger partial charge on any atom is 0.200 e. The first kappa shape index (κ1) is 26.5. The predicted molar refractivity (Wildman–Crippen MR) is 145 cm³/mol. The van der Waals surface area contributed by atoms with Gasteiger partial charge in [-0.1, -0.05) is 6.07 Å². The van der Waals surface area contributed by atoms with E-state index in [1.165, 1.54) is 36.4 Å². The molecule has 12 nitrogen and oxygen atoms in total. The van der Waals surface area contributed by atoms with Gasteiger partial charge in [-0.3, -0.25) is 4.79 Å². The quantitative estimate of drug-likeness (QED) is 0.141. The van der Waals surface area contributed by atoms with Crippen molar-refractivity contribution in [3.63, 3.8) is 0 Å². The van der Waals surface area contributed by atoms with Gasteiger partial charge in [-0.25, -0.2) is 0 Å². The fraction of sp³-hybridized carbons (Fsp3) is 0.100. The van der Waals surface area contributed by atoms with Crippen molar-refractivity contribution in [1.29, 1.82) is 0 Å². The maximum absolute atomic E-state index is 13.0. The van der Waals surface area contributed by atoms with Gasteiger partial charge in [-0.15, -0.1) is 0 Å². The zero-order chi connectivity index (χ0) is 30.0. The van der Waals surface area contributed by atoms with Crippen molar-refractivity contribution in [3.05, 3.63) is 87.6 Å². The molecule has 0 unspecified atom stereocenters. The molecule has 0 saturated carbocycles. The predicted octanol–water partition coefficient (Wildman–Crippen LogP) is 3.73. The van der Waals surface area contributed by atoms with Crippen LogP contribution in [0, 0.1) is 0 Å². The third kappa shape index (κ3) is 4.09. The van der Waals surface area contributed by atoms with E-state index in [0.717, 1.165) is 24.3 Å². The van der Waals surface area contributed by atoms with Crippen LogP contribution in [0.4, 0.5) is 0 Å². The second-order valence-electron chi connectivity index (χ2n) is 9.85. The Kier molecular flexibility index (Phi) is 5.94. The molecule has 0 aliphatic carbocycles. The van der Waals surface area contributed by atoms with Crippen LogP contribution in [-0.4, -0.2) is 52.1 Å². The van der Waals surface area contributed by atoms with Gasteiger partial charge in [-0.2, -0.15) is 0 Å². The zero-order valence-corrected chi connectivity index (χ0v) is 21.3. The van der Waals surface area contributed by atoms with E-state index in [2.05, 4.69) is 0 Å². The molecule has 12 heteroatoms. The Labute approximate surface area is 235 Å². The number of phenolic OH excluding ortho intramolecular Hbond substituents is 8. The van der Waals surface area contributed by atoms with Crippen LogP contribution in [0.15, 0.2) is 69.9 Å². The summed E-state index contributed by atoms with van der Waals surface area (Å²) in [5, 5.41) is 94.2. The number of hydrogen-bond donors (Lipinski definition) is 9. The Morgan fingerprint density at radius 3 is 2.02 bits per heavy atom. The molecule has 3 atom stereocenters. The zero-order valence-electron chi connectivity index (χ0n) is 21.3. The summed E-state index contributed by atoms with van der Waals surface area (Å²) in [4.78, 5) is 13.0. The Balaban J connectivity index is 1.64. The second-order valence-corrected chi connectivity index (χ2v) is 9.85. The van der Waals surface area contributed by atoms with Gasteiger partial charge >= 0.3 is 0 Å². The highest BCUT2D eigenvalue weighted by Crippen LogP contribution is 2.55. The van der Waals surface area contributed by atoms with Gasteiger partial charge in [0, 0.05) is 46.4 Å². The van der Waals surface area contributed by atoms with Crippen molar-refractivity contribution in [2.45, 2.75) is 18.1 Å². The summed E-state index contributed by atoms with van der Waals surface area (Å²) in [6.45, 7) is 0. The van der Waals surface area contributed by atoms with E-state index in [1.54, 1.807) is 0 Å². The van der Waals surface area contributed by atoms with Crippen LogP contribution in [0.5, 0.6) is 51.7 Å². The molecule has 2 heterocycles. The van der Waals surface area contributed by atoms with E-state index in [-0.39, 0.29) is 56.2 Å². The molecule has 0 fully saturated rings. The lowest BCUT2D eigenvalue weighted by molar-refractivity contribution is 0.00772. The number of phenols is 8. The van der Waals surface area contributed by atoms with Crippen LogP contribution in [0.1, 0.15) is 28.7 Å². The minimum absolute atomic E-state index is 0.00477. The Morgan fingerprint density at radius 1 is 0.667 bits per heavy atom. The number of ether oxygens (including phenoxy) is 1. The molecule has 6 rings (SSSR count). The first-order valence-corrected chi connectivity index (χ1v) is 12.4. The third-order valence-corrected chi connectivity index (χ3v) is 7.24. The van der Waals surface area contributed by atoms with Gasteiger partial charge in [0.2, 0.25) is 5.75 Å². The Morgan fingerprint density at radius 2 is 1.31 bits per heavy atom. The molecule has 214 valence electrons. The van der Waals surface area contributed by atoms with E-state index in [4.69, 9.17) is 9.15 Å². The van der Waals surface area contributed by atoms with Crippen LogP contribution >= 0.6 is 0 Å². The number of aliphatic hydroxyl groups is 1. The molecule has 0 spiro atoms. The molecule has 1 aliphatic heterocycles. The fourth-order valence-electron chi connectivity index (χ4n) is 5.28. The standard InChI is InChI=1S/C30H22O12/c31-12-1-3-14-17(33)10-23(41-21(14)7-12)16-9-20(36)27(38)28(39)25(16)24-15-4-2-13(32)8-22(15)42-30(29(24)40)11-5-18(34)26(37)19(35)6-11/h1-10,24,29-32,34-40H/t24-,29-,30+/m0/s1. The van der Waals surface area contributed by atoms with Crippen LogP contribution in [-0.2, 0) is 0 Å². The molecule has 4 aromatic carbocycles. The summed E-state index contributed by atoms with van der Waals surface area (Å²) in [6.07, 6.45) is -3.05. The topological polar surface area (TPSA) is 222 Å². The summed E-state index contributed by atoms with van der Waals surface area (Å²) < 4.78 is 11.8. The minimum Gasteiger partial charge on any atom is -0.508 e. The average molecular weight is 574 g/mol. The van der Waals surface area contributed by atoms with Crippen LogP contribution < -0.4 is 10.2 Å². The Hall–Kier alpha value is -5.75. The lowest BCUT2D eigenvalue weighted by atomic mass is 9.77. The van der Waals surface area contributed by atoms with E-state index >= 15 is 0 Å². The van der Waals surface area contributed by atoms with E-state index in [0.29, 0.717) is 0 Å². The summed E-state index contributed by atoms with van der Waals surface area (Å²) in [7, 11) is 0. The fourth-order valence-corrected chi connectivity index (χ4v) is 5.28. The van der Waals surface area contributed by atoms with Crippen molar-refractivity contribution < 1.29 is 55.1 Å². The molecule has 0 saturated heterocycles. The summed E-state index contributed by atoms with van der Waals surface area (Å²) in [5.74, 6) is -6.76. The molecule has 42 heavy (non-hydrogen) atoms. The van der Waals surface area contributed by atoms with Crippen LogP contribution in [0.2, 0.25) is 0 Å². The van der Waals surface area contributed by atoms with Crippen molar-refractivity contribution in [2.24, 2.45) is 0 Å². The van der Waals surface area contributed by atoms with Crippen molar-refractivity contribution >= 4 is 11.0 Å².